The predicted octanol–water partition coefficient (Wildman–Crippen LogP) is 8.11. The first-order valence-electron chi connectivity index (χ1n) is 14.8. The molecule has 0 aliphatic rings. The van der Waals surface area contributed by atoms with Gasteiger partial charge in [0.2, 0.25) is 0 Å². The van der Waals surface area contributed by atoms with Crippen LogP contribution in [0.15, 0.2) is 72.3 Å². The van der Waals surface area contributed by atoms with Crippen molar-refractivity contribution < 1.29 is 28.5 Å². The molecule has 0 aromatic heterocycles. The van der Waals surface area contributed by atoms with Gasteiger partial charge in [-0.25, -0.2) is 0 Å². The van der Waals surface area contributed by atoms with Crippen molar-refractivity contribution in [1.29, 1.82) is 0 Å². The van der Waals surface area contributed by atoms with Crippen LogP contribution in [0.3, 0.4) is 0 Å². The van der Waals surface area contributed by atoms with Crippen molar-refractivity contribution in [2.45, 2.75) is 97.6 Å². The zero-order chi connectivity index (χ0) is 31.5. The van der Waals surface area contributed by atoms with Crippen molar-refractivity contribution in [1.82, 2.24) is 0 Å². The summed E-state index contributed by atoms with van der Waals surface area (Å²) in [5, 5.41) is 11.3. The molecule has 1 N–H and O–H groups in total. The molecule has 6 nitrogen and oxygen atoms in total. The predicted molar refractivity (Wildman–Crippen MR) is 175 cm³/mol. The van der Waals surface area contributed by atoms with Crippen molar-refractivity contribution in [2.75, 3.05) is 20.8 Å². The molecule has 4 atom stereocenters. The summed E-state index contributed by atoms with van der Waals surface area (Å²) in [5.41, 5.74) is 4.03. The number of hydrogen-bond acceptors (Lipinski definition) is 6. The zero-order valence-corrected chi connectivity index (χ0v) is 28.5. The Morgan fingerprint density at radius 3 is 1.79 bits per heavy atom. The lowest BCUT2D eigenvalue weighted by molar-refractivity contribution is -0.00589. The van der Waals surface area contributed by atoms with E-state index >= 15 is 0 Å². The van der Waals surface area contributed by atoms with Gasteiger partial charge in [-0.1, -0.05) is 75.8 Å². The van der Waals surface area contributed by atoms with E-state index in [2.05, 4.69) is 40.4 Å². The molecule has 0 amide bonds. The van der Waals surface area contributed by atoms with Gasteiger partial charge in [-0.3, -0.25) is 0 Å². The maximum atomic E-state index is 11.2. The van der Waals surface area contributed by atoms with Gasteiger partial charge in [0.15, 0.2) is 8.32 Å². The molecule has 42 heavy (non-hydrogen) atoms. The number of ether oxygens (including phenoxy) is 4. The quantitative estimate of drug-likeness (QED) is 0.147. The van der Waals surface area contributed by atoms with Gasteiger partial charge in [0.05, 0.1) is 52.4 Å². The van der Waals surface area contributed by atoms with Crippen molar-refractivity contribution in [3.05, 3.63) is 83.5 Å². The summed E-state index contributed by atoms with van der Waals surface area (Å²) in [4.78, 5) is 0. The van der Waals surface area contributed by atoms with Gasteiger partial charge < -0.3 is 28.5 Å². The first-order valence-corrected chi connectivity index (χ1v) is 17.7. The topological polar surface area (TPSA) is 66.4 Å². The summed E-state index contributed by atoms with van der Waals surface area (Å²) in [5.74, 6) is 1.44. The second-order valence-electron chi connectivity index (χ2n) is 12.8. The molecule has 0 aliphatic heterocycles. The summed E-state index contributed by atoms with van der Waals surface area (Å²) in [7, 11) is 1.36. The minimum Gasteiger partial charge on any atom is -0.497 e. The van der Waals surface area contributed by atoms with Crippen LogP contribution in [0.25, 0.3) is 0 Å². The summed E-state index contributed by atoms with van der Waals surface area (Å²) in [6.45, 7) is 22.8. The summed E-state index contributed by atoms with van der Waals surface area (Å²) in [6, 6.07) is 15.7. The standard InChI is InChI=1S/C35H54O6Si/c1-25(2)34(40-23-29-14-18-31(38-9)19-15-29)27(4)33(36)21-26(3)20-32(24-41-42(10,11)35(5,6)7)39-22-28-12-16-30(37-8)17-13-28/h12-19,21,27,32-34,36H,1,20,22-24H2,2-11H3/b26-21+/t27-,32-,33-,34-/m1/s1. The smallest absolute Gasteiger partial charge is 0.192 e. The maximum Gasteiger partial charge on any atom is 0.192 e. The van der Waals surface area contributed by atoms with Crippen LogP contribution in [0.1, 0.15) is 59.1 Å². The van der Waals surface area contributed by atoms with Crippen molar-refractivity contribution in [3.8, 4) is 11.5 Å². The van der Waals surface area contributed by atoms with Crippen LogP contribution in [0.4, 0.5) is 0 Å². The van der Waals surface area contributed by atoms with E-state index < -0.39 is 14.4 Å². The van der Waals surface area contributed by atoms with E-state index in [4.69, 9.17) is 23.4 Å². The molecule has 0 radical (unpaired) electrons. The largest absolute Gasteiger partial charge is 0.497 e. The van der Waals surface area contributed by atoms with Crippen molar-refractivity contribution in [3.63, 3.8) is 0 Å². The molecule has 234 valence electrons. The Labute approximate surface area is 255 Å². The minimum atomic E-state index is -1.96. The van der Waals surface area contributed by atoms with Gasteiger partial charge in [-0.15, -0.1) is 0 Å². The van der Waals surface area contributed by atoms with Gasteiger partial charge in [-0.2, -0.15) is 0 Å². The van der Waals surface area contributed by atoms with Crippen LogP contribution in [-0.4, -0.2) is 52.6 Å². The summed E-state index contributed by atoms with van der Waals surface area (Å²) < 4.78 is 29.7. The zero-order valence-electron chi connectivity index (χ0n) is 27.5. The van der Waals surface area contributed by atoms with E-state index in [-0.39, 0.29) is 23.2 Å². The average Bonchev–Trinajstić information content (AvgIpc) is 2.94. The van der Waals surface area contributed by atoms with Crippen LogP contribution in [0, 0.1) is 5.92 Å². The Bertz CT molecular complexity index is 1120. The fraction of sp³-hybridized carbons (Fsp3) is 0.543. The van der Waals surface area contributed by atoms with Gasteiger partial charge in [0, 0.05) is 5.92 Å². The summed E-state index contributed by atoms with van der Waals surface area (Å²) in [6.07, 6.45) is 1.43. The number of rotatable bonds is 17. The van der Waals surface area contributed by atoms with Crippen LogP contribution in [0.5, 0.6) is 11.5 Å². The van der Waals surface area contributed by atoms with E-state index in [0.717, 1.165) is 33.8 Å². The molecule has 0 saturated carbocycles. The van der Waals surface area contributed by atoms with Crippen LogP contribution in [0.2, 0.25) is 18.1 Å². The van der Waals surface area contributed by atoms with Gasteiger partial charge in [0.25, 0.3) is 0 Å². The molecule has 0 aliphatic carbocycles. The minimum absolute atomic E-state index is 0.105. The highest BCUT2D eigenvalue weighted by molar-refractivity contribution is 6.74. The Morgan fingerprint density at radius 2 is 1.36 bits per heavy atom. The van der Waals surface area contributed by atoms with Crippen molar-refractivity contribution >= 4 is 8.32 Å². The fourth-order valence-corrected chi connectivity index (χ4v) is 5.36. The first kappa shape index (κ1) is 35.8. The number of hydrogen-bond donors (Lipinski definition) is 1. The van der Waals surface area contributed by atoms with E-state index in [0.29, 0.717) is 26.2 Å². The number of benzene rings is 2. The Balaban J connectivity index is 2.10. The monoisotopic (exact) mass is 598 g/mol. The van der Waals surface area contributed by atoms with Crippen LogP contribution < -0.4 is 9.47 Å². The third kappa shape index (κ3) is 11.3. The molecule has 0 saturated heterocycles. The lowest BCUT2D eigenvalue weighted by Crippen LogP contribution is -2.43. The fourth-order valence-electron chi connectivity index (χ4n) is 4.32. The van der Waals surface area contributed by atoms with E-state index in [1.54, 1.807) is 14.2 Å². The van der Waals surface area contributed by atoms with Crippen LogP contribution >= 0.6 is 0 Å². The van der Waals surface area contributed by atoms with E-state index in [1.807, 2.05) is 75.4 Å². The second kappa shape index (κ2) is 16.4. The number of aliphatic hydroxyl groups is 1. The molecule has 0 bridgehead atoms. The first-order chi connectivity index (χ1) is 19.7. The average molecular weight is 599 g/mol. The Kier molecular flexibility index (Phi) is 14.0. The number of aliphatic hydroxyl groups excluding tert-OH is 1. The van der Waals surface area contributed by atoms with Gasteiger partial charge in [0.1, 0.15) is 11.5 Å². The Morgan fingerprint density at radius 1 is 0.881 bits per heavy atom. The summed E-state index contributed by atoms with van der Waals surface area (Å²) >= 11 is 0. The van der Waals surface area contributed by atoms with Gasteiger partial charge >= 0.3 is 0 Å². The van der Waals surface area contributed by atoms with E-state index in [9.17, 15) is 5.11 Å². The molecule has 2 aromatic carbocycles. The molecule has 2 rings (SSSR count). The lowest BCUT2D eigenvalue weighted by Gasteiger charge is -2.37. The van der Waals surface area contributed by atoms with Crippen LogP contribution in [-0.2, 0) is 27.1 Å². The molecule has 0 spiro atoms. The SMILES string of the molecule is C=C(C)[C@@H](OCc1ccc(OC)cc1)[C@H](C)[C@H](O)/C=C(\C)C[C@H](CO[Si](C)(C)C(C)(C)C)OCc1ccc(OC)cc1. The third-order valence-electron chi connectivity index (χ3n) is 8.18. The second-order valence-corrected chi connectivity index (χ2v) is 17.7. The molecule has 0 heterocycles. The number of methoxy groups -OCH3 is 2. The molecular weight excluding hydrogens is 544 g/mol. The van der Waals surface area contributed by atoms with Gasteiger partial charge in [-0.05, 0) is 73.8 Å². The molecule has 7 heteroatoms. The van der Waals surface area contributed by atoms with Crippen molar-refractivity contribution in [2.24, 2.45) is 5.92 Å². The molecule has 0 fully saturated rings. The third-order valence-corrected chi connectivity index (χ3v) is 12.7. The highest BCUT2D eigenvalue weighted by Gasteiger charge is 2.37. The molecular formula is C35H54O6Si. The Hall–Kier alpha value is -2.42. The molecule has 0 unspecified atom stereocenters. The molecule has 2 aromatic rings. The normalized spacial score (nSPS) is 15.5. The maximum absolute atomic E-state index is 11.2. The lowest BCUT2D eigenvalue weighted by atomic mass is 9.91. The van der Waals surface area contributed by atoms with E-state index in [1.165, 1.54) is 0 Å². The highest BCUT2D eigenvalue weighted by Crippen LogP contribution is 2.37. The highest BCUT2D eigenvalue weighted by atomic mass is 28.4.